The van der Waals surface area contributed by atoms with Gasteiger partial charge in [0.1, 0.15) is 23.7 Å². The van der Waals surface area contributed by atoms with Crippen molar-refractivity contribution in [2.45, 2.75) is 25.6 Å². The van der Waals surface area contributed by atoms with Crippen LogP contribution < -0.4 is 10.1 Å². The van der Waals surface area contributed by atoms with Crippen LogP contribution in [0.4, 0.5) is 20.3 Å². The van der Waals surface area contributed by atoms with E-state index in [0.29, 0.717) is 72.1 Å². The lowest BCUT2D eigenvalue weighted by molar-refractivity contribution is -0.116. The Morgan fingerprint density at radius 3 is 2.65 bits per heavy atom. The van der Waals surface area contributed by atoms with Crippen molar-refractivity contribution in [3.63, 3.8) is 0 Å². The number of hydrogen-bond acceptors (Lipinski definition) is 8. The van der Waals surface area contributed by atoms with Gasteiger partial charge in [0, 0.05) is 48.8 Å². The number of carbonyl (C=O) groups is 1. The first-order valence-electron chi connectivity index (χ1n) is 12.1. The number of carbonyl (C=O) groups excluding carboxylic acids is 1. The highest BCUT2D eigenvalue weighted by Gasteiger charge is 2.36. The Morgan fingerprint density at radius 2 is 1.95 bits per heavy atom. The predicted octanol–water partition coefficient (Wildman–Crippen LogP) is 3.89. The number of nitrogens with zero attached hydrogens (tertiary/aromatic N) is 3. The second kappa shape index (κ2) is 10.9. The number of aryl methyl sites for hydroxylation is 1. The standard InChI is InChI=1S/C27H28F2N4O4/c1-16-9-18(3-4-20(16)28)32-27-19-10-17(24(35-2)12-22(19)30-15-31-27)11-23(34)21(29)5-6-33-13-25-26(14-33)37-8-7-36-25/h3-5,9-10,12,15,25-26H,6-8,11,13-14H2,1-2H3,(H,30,31,32)/b21-5+/t25-,26+. The minimum Gasteiger partial charge on any atom is -0.496 e. The summed E-state index contributed by atoms with van der Waals surface area (Å²) in [5.74, 6) is -0.855. The maximum Gasteiger partial charge on any atom is 0.195 e. The first kappa shape index (κ1) is 25.2. The molecule has 0 spiro atoms. The molecule has 2 atom stereocenters. The van der Waals surface area contributed by atoms with Crippen LogP contribution in [-0.2, 0) is 20.7 Å². The number of anilines is 2. The number of aromatic nitrogens is 2. The van der Waals surface area contributed by atoms with Gasteiger partial charge in [0.15, 0.2) is 11.6 Å². The number of ether oxygens (including phenoxy) is 3. The second-order valence-corrected chi connectivity index (χ2v) is 9.18. The predicted molar refractivity (Wildman–Crippen MR) is 134 cm³/mol. The fourth-order valence-electron chi connectivity index (χ4n) is 4.68. The molecule has 194 valence electrons. The van der Waals surface area contributed by atoms with Crippen molar-refractivity contribution in [1.29, 1.82) is 0 Å². The summed E-state index contributed by atoms with van der Waals surface area (Å²) in [6, 6.07) is 8.06. The number of benzene rings is 2. The number of allylic oxidation sites excluding steroid dienone is 1. The van der Waals surface area contributed by atoms with Crippen LogP contribution in [0.3, 0.4) is 0 Å². The van der Waals surface area contributed by atoms with Gasteiger partial charge in [0.05, 0.1) is 38.0 Å². The monoisotopic (exact) mass is 510 g/mol. The first-order chi connectivity index (χ1) is 17.9. The molecule has 0 unspecified atom stereocenters. The van der Waals surface area contributed by atoms with Gasteiger partial charge >= 0.3 is 0 Å². The molecule has 1 aromatic heterocycles. The third-order valence-corrected chi connectivity index (χ3v) is 6.64. The summed E-state index contributed by atoms with van der Waals surface area (Å²) in [6.45, 7) is 4.39. The van der Waals surface area contributed by atoms with Crippen molar-refractivity contribution in [3.05, 3.63) is 65.5 Å². The van der Waals surface area contributed by atoms with Gasteiger partial charge in [-0.25, -0.2) is 18.7 Å². The second-order valence-electron chi connectivity index (χ2n) is 9.18. The Hall–Kier alpha value is -3.47. The highest BCUT2D eigenvalue weighted by atomic mass is 19.1. The smallest absolute Gasteiger partial charge is 0.195 e. The number of ketones is 1. The van der Waals surface area contributed by atoms with Gasteiger partial charge < -0.3 is 19.5 Å². The molecule has 2 saturated heterocycles. The van der Waals surface area contributed by atoms with Crippen LogP contribution in [0.1, 0.15) is 11.1 Å². The van der Waals surface area contributed by atoms with Gasteiger partial charge in [-0.3, -0.25) is 9.69 Å². The topological polar surface area (TPSA) is 85.8 Å². The van der Waals surface area contributed by atoms with Gasteiger partial charge in [-0.1, -0.05) is 0 Å². The molecule has 2 fully saturated rings. The summed E-state index contributed by atoms with van der Waals surface area (Å²) in [5.41, 5.74) is 2.23. The fourth-order valence-corrected chi connectivity index (χ4v) is 4.68. The molecule has 2 aliphatic rings. The van der Waals surface area contributed by atoms with Crippen LogP contribution in [0.5, 0.6) is 5.75 Å². The van der Waals surface area contributed by atoms with Crippen molar-refractivity contribution >= 4 is 28.2 Å². The van der Waals surface area contributed by atoms with Gasteiger partial charge in [0.2, 0.25) is 0 Å². The highest BCUT2D eigenvalue weighted by Crippen LogP contribution is 2.31. The van der Waals surface area contributed by atoms with Gasteiger partial charge in [-0.15, -0.1) is 0 Å². The third-order valence-electron chi connectivity index (χ3n) is 6.64. The zero-order valence-electron chi connectivity index (χ0n) is 20.7. The number of Topliss-reactive ketones (excluding diaryl/α,β-unsaturated/α-hetero) is 1. The lowest BCUT2D eigenvalue weighted by Crippen LogP contribution is -2.36. The minimum atomic E-state index is -0.802. The lowest BCUT2D eigenvalue weighted by atomic mass is 10.0. The quantitative estimate of drug-likeness (QED) is 0.457. The average Bonchev–Trinajstić information content (AvgIpc) is 3.32. The van der Waals surface area contributed by atoms with Crippen LogP contribution >= 0.6 is 0 Å². The Labute approximate surface area is 213 Å². The van der Waals surface area contributed by atoms with Gasteiger partial charge in [-0.2, -0.15) is 0 Å². The van der Waals surface area contributed by atoms with E-state index in [-0.39, 0.29) is 24.4 Å². The molecule has 8 nitrogen and oxygen atoms in total. The number of halogens is 2. The molecule has 5 rings (SSSR count). The molecule has 0 amide bonds. The summed E-state index contributed by atoms with van der Waals surface area (Å²) < 4.78 is 45.3. The van der Waals surface area contributed by atoms with E-state index >= 15 is 0 Å². The Bertz CT molecular complexity index is 1340. The molecule has 10 heteroatoms. The third kappa shape index (κ3) is 5.61. The molecule has 0 aliphatic carbocycles. The normalized spacial score (nSPS) is 20.2. The maximum atomic E-state index is 14.8. The zero-order valence-corrected chi connectivity index (χ0v) is 20.7. The summed E-state index contributed by atoms with van der Waals surface area (Å²) >= 11 is 0. The maximum absolute atomic E-state index is 14.8. The van der Waals surface area contributed by atoms with E-state index in [4.69, 9.17) is 14.2 Å². The summed E-state index contributed by atoms with van der Waals surface area (Å²) in [5, 5.41) is 3.80. The summed E-state index contributed by atoms with van der Waals surface area (Å²) in [7, 11) is 1.49. The molecule has 2 aromatic carbocycles. The number of rotatable bonds is 8. The molecule has 37 heavy (non-hydrogen) atoms. The SMILES string of the molecule is COc1cc2ncnc(Nc3ccc(F)c(C)c3)c2cc1CC(=O)/C(F)=C\CN1C[C@@H]2OCCO[C@@H]2C1. The molecular weight excluding hydrogens is 482 g/mol. The fraction of sp³-hybridized carbons (Fsp3) is 0.370. The largest absolute Gasteiger partial charge is 0.496 e. The molecule has 0 saturated carbocycles. The van der Waals surface area contributed by atoms with Crippen molar-refractivity contribution in [1.82, 2.24) is 14.9 Å². The van der Waals surface area contributed by atoms with E-state index in [1.807, 2.05) is 4.90 Å². The molecule has 0 radical (unpaired) electrons. The molecule has 3 aromatic rings. The van der Waals surface area contributed by atoms with E-state index in [0.717, 1.165) is 0 Å². The number of methoxy groups -OCH3 is 1. The van der Waals surface area contributed by atoms with Crippen LogP contribution in [0, 0.1) is 12.7 Å². The molecular formula is C27H28F2N4O4. The molecule has 3 heterocycles. The van der Waals surface area contributed by atoms with Crippen LogP contribution in [0.25, 0.3) is 10.9 Å². The number of hydrogen-bond donors (Lipinski definition) is 1. The van der Waals surface area contributed by atoms with Crippen molar-refractivity contribution in [2.24, 2.45) is 0 Å². The van der Waals surface area contributed by atoms with E-state index in [1.165, 1.54) is 25.6 Å². The molecule has 1 N–H and O–H groups in total. The zero-order chi connectivity index (χ0) is 25.9. The molecule has 0 bridgehead atoms. The van der Waals surface area contributed by atoms with Gasteiger partial charge in [0.25, 0.3) is 0 Å². The number of nitrogens with one attached hydrogen (secondary N) is 1. The van der Waals surface area contributed by atoms with Gasteiger partial charge in [-0.05, 0) is 42.8 Å². The van der Waals surface area contributed by atoms with Crippen LogP contribution in [-0.4, -0.2) is 72.8 Å². The summed E-state index contributed by atoms with van der Waals surface area (Å²) in [4.78, 5) is 23.4. The Balaban J connectivity index is 1.33. The van der Waals surface area contributed by atoms with E-state index in [9.17, 15) is 13.6 Å². The summed E-state index contributed by atoms with van der Waals surface area (Å²) in [6.07, 6.45) is 2.50. The Morgan fingerprint density at radius 1 is 1.19 bits per heavy atom. The van der Waals surface area contributed by atoms with Crippen molar-refractivity contribution < 1.29 is 27.8 Å². The van der Waals surface area contributed by atoms with Crippen molar-refractivity contribution in [3.8, 4) is 5.75 Å². The number of fused-ring (bicyclic) bond motifs is 2. The molecule has 2 aliphatic heterocycles. The first-order valence-corrected chi connectivity index (χ1v) is 12.1. The van der Waals surface area contributed by atoms with E-state index < -0.39 is 11.6 Å². The van der Waals surface area contributed by atoms with E-state index in [1.54, 1.807) is 31.2 Å². The lowest BCUT2D eigenvalue weighted by Gasteiger charge is -2.24. The van der Waals surface area contributed by atoms with Crippen LogP contribution in [0.15, 0.2) is 48.6 Å². The average molecular weight is 511 g/mol. The number of likely N-dealkylation sites (tertiary alicyclic amines) is 1. The Kier molecular flexibility index (Phi) is 7.40. The van der Waals surface area contributed by atoms with Crippen molar-refractivity contribution in [2.75, 3.05) is 45.3 Å². The van der Waals surface area contributed by atoms with E-state index in [2.05, 4.69) is 15.3 Å². The van der Waals surface area contributed by atoms with Crippen LogP contribution in [0.2, 0.25) is 0 Å². The highest BCUT2D eigenvalue weighted by molar-refractivity contribution is 5.97. The minimum absolute atomic E-state index is 0.00776.